The molecule has 0 spiro atoms. The molecule has 0 aromatic heterocycles. The van der Waals surface area contributed by atoms with Crippen molar-refractivity contribution in [2.24, 2.45) is 11.3 Å². The van der Waals surface area contributed by atoms with Gasteiger partial charge in [-0.2, -0.15) is 0 Å². The minimum absolute atomic E-state index is 0.0374. The molecule has 0 bridgehead atoms. The average molecular weight is 213 g/mol. The molecule has 1 rings (SSSR count). The molecule has 0 aromatic rings. The van der Waals surface area contributed by atoms with Crippen LogP contribution in [-0.4, -0.2) is 25.7 Å². The van der Waals surface area contributed by atoms with E-state index in [1.807, 2.05) is 13.8 Å². The van der Waals surface area contributed by atoms with Gasteiger partial charge < -0.3 is 10.1 Å². The Morgan fingerprint density at radius 1 is 1.53 bits per heavy atom. The van der Waals surface area contributed by atoms with Crippen LogP contribution in [0.2, 0.25) is 0 Å². The zero-order valence-electron chi connectivity index (χ0n) is 10.1. The molecule has 1 N–H and O–H groups in total. The molecule has 88 valence electrons. The molecule has 1 heterocycles. The first-order valence-corrected chi connectivity index (χ1v) is 5.97. The van der Waals surface area contributed by atoms with Crippen LogP contribution in [0, 0.1) is 11.3 Å². The molecule has 0 amide bonds. The topological polar surface area (TPSA) is 38.3 Å². The first-order chi connectivity index (χ1) is 7.09. The molecule has 1 atom stereocenters. The van der Waals surface area contributed by atoms with Crippen molar-refractivity contribution < 1.29 is 9.53 Å². The smallest absolute Gasteiger partial charge is 0.311 e. The highest BCUT2D eigenvalue weighted by molar-refractivity contribution is 5.76. The fraction of sp³-hybridized carbons (Fsp3) is 0.917. The molecule has 1 unspecified atom stereocenters. The van der Waals surface area contributed by atoms with Crippen LogP contribution in [0.25, 0.3) is 0 Å². The fourth-order valence-corrected chi connectivity index (χ4v) is 1.93. The lowest BCUT2D eigenvalue weighted by atomic mass is 9.78. The maximum Gasteiger partial charge on any atom is 0.311 e. The Kier molecular flexibility index (Phi) is 4.58. The molecule has 3 nitrogen and oxygen atoms in total. The van der Waals surface area contributed by atoms with E-state index in [4.69, 9.17) is 4.74 Å². The first kappa shape index (κ1) is 12.5. The summed E-state index contributed by atoms with van der Waals surface area (Å²) in [7, 11) is 0. The normalized spacial score (nSPS) is 21.7. The number of hydrogen-bond acceptors (Lipinski definition) is 3. The zero-order valence-corrected chi connectivity index (χ0v) is 10.1. The molecule has 1 fully saturated rings. The third-order valence-electron chi connectivity index (χ3n) is 3.34. The van der Waals surface area contributed by atoms with Crippen LogP contribution in [0.3, 0.4) is 0 Å². The van der Waals surface area contributed by atoms with Gasteiger partial charge in [0.15, 0.2) is 0 Å². The third-order valence-corrected chi connectivity index (χ3v) is 3.34. The molecule has 0 saturated carbocycles. The summed E-state index contributed by atoms with van der Waals surface area (Å²) >= 11 is 0. The fourth-order valence-electron chi connectivity index (χ4n) is 1.93. The highest BCUT2D eigenvalue weighted by atomic mass is 16.5. The number of esters is 1. The molecule has 1 saturated heterocycles. The lowest BCUT2D eigenvalue weighted by molar-refractivity contribution is -0.156. The van der Waals surface area contributed by atoms with Crippen LogP contribution < -0.4 is 5.32 Å². The molecule has 0 aromatic carbocycles. The summed E-state index contributed by atoms with van der Waals surface area (Å²) in [5, 5.41) is 3.29. The van der Waals surface area contributed by atoms with Gasteiger partial charge in [0.2, 0.25) is 0 Å². The number of carbonyl (C=O) groups excluding carboxylic acids is 1. The number of carbonyl (C=O) groups is 1. The van der Waals surface area contributed by atoms with E-state index in [0.717, 1.165) is 32.4 Å². The van der Waals surface area contributed by atoms with Gasteiger partial charge in [-0.15, -0.1) is 0 Å². The monoisotopic (exact) mass is 213 g/mol. The van der Waals surface area contributed by atoms with Crippen LogP contribution in [0.1, 0.15) is 40.0 Å². The number of unbranched alkanes of at least 4 members (excludes halogenated alkanes) is 1. The van der Waals surface area contributed by atoms with Crippen molar-refractivity contribution in [1.29, 1.82) is 0 Å². The van der Waals surface area contributed by atoms with Crippen molar-refractivity contribution >= 4 is 5.97 Å². The first-order valence-electron chi connectivity index (χ1n) is 5.97. The Labute approximate surface area is 92.6 Å². The molecule has 15 heavy (non-hydrogen) atoms. The van der Waals surface area contributed by atoms with Gasteiger partial charge >= 0.3 is 5.97 Å². The van der Waals surface area contributed by atoms with E-state index >= 15 is 0 Å². The second kappa shape index (κ2) is 5.50. The van der Waals surface area contributed by atoms with Crippen molar-refractivity contribution in [3.63, 3.8) is 0 Å². The number of hydrogen-bond donors (Lipinski definition) is 1. The van der Waals surface area contributed by atoms with Crippen LogP contribution in [0.15, 0.2) is 0 Å². The highest BCUT2D eigenvalue weighted by Crippen LogP contribution is 2.32. The Balaban J connectivity index is 2.41. The van der Waals surface area contributed by atoms with Gasteiger partial charge in [-0.25, -0.2) is 0 Å². The van der Waals surface area contributed by atoms with Gasteiger partial charge in [0, 0.05) is 0 Å². The summed E-state index contributed by atoms with van der Waals surface area (Å²) in [6, 6.07) is 0. The number of rotatable bonds is 5. The molecule has 0 radical (unpaired) electrons. The third kappa shape index (κ3) is 3.20. The summed E-state index contributed by atoms with van der Waals surface area (Å²) < 4.78 is 5.29. The quantitative estimate of drug-likeness (QED) is 0.560. The van der Waals surface area contributed by atoms with Crippen molar-refractivity contribution in [3.05, 3.63) is 0 Å². The minimum atomic E-state index is -0.336. The number of ether oxygens (including phenoxy) is 1. The highest BCUT2D eigenvalue weighted by Gasteiger charge is 2.39. The Morgan fingerprint density at radius 3 is 2.80 bits per heavy atom. The van der Waals surface area contributed by atoms with Crippen LogP contribution in [0.5, 0.6) is 0 Å². The van der Waals surface area contributed by atoms with E-state index in [2.05, 4.69) is 12.2 Å². The van der Waals surface area contributed by atoms with E-state index in [1.54, 1.807) is 0 Å². The van der Waals surface area contributed by atoms with Crippen LogP contribution in [-0.2, 0) is 9.53 Å². The van der Waals surface area contributed by atoms with Crippen LogP contribution >= 0.6 is 0 Å². The SMILES string of the molecule is CCCCOC(=O)C(C)(C)C1CCNC1. The summed E-state index contributed by atoms with van der Waals surface area (Å²) in [5.41, 5.74) is -0.336. The molecule has 0 aliphatic carbocycles. The largest absolute Gasteiger partial charge is 0.465 e. The maximum atomic E-state index is 11.9. The Hall–Kier alpha value is -0.570. The molecular formula is C12H23NO2. The van der Waals surface area contributed by atoms with E-state index in [0.29, 0.717) is 12.5 Å². The van der Waals surface area contributed by atoms with E-state index in [9.17, 15) is 4.79 Å². The summed E-state index contributed by atoms with van der Waals surface area (Å²) in [4.78, 5) is 11.9. The van der Waals surface area contributed by atoms with Crippen molar-refractivity contribution in [2.45, 2.75) is 40.0 Å². The Bertz CT molecular complexity index is 208. The van der Waals surface area contributed by atoms with Crippen molar-refractivity contribution in [1.82, 2.24) is 5.32 Å². The van der Waals surface area contributed by atoms with Gasteiger partial charge in [-0.1, -0.05) is 13.3 Å². The minimum Gasteiger partial charge on any atom is -0.465 e. The average Bonchev–Trinajstić information content (AvgIpc) is 2.71. The summed E-state index contributed by atoms with van der Waals surface area (Å²) in [6.07, 6.45) is 3.11. The molecule has 1 aliphatic rings. The van der Waals surface area contributed by atoms with E-state index in [1.165, 1.54) is 0 Å². The Morgan fingerprint density at radius 2 is 2.27 bits per heavy atom. The molecular weight excluding hydrogens is 190 g/mol. The zero-order chi connectivity index (χ0) is 11.3. The number of nitrogens with one attached hydrogen (secondary N) is 1. The van der Waals surface area contributed by atoms with Gasteiger partial charge in [0.05, 0.1) is 12.0 Å². The predicted octanol–water partition coefficient (Wildman–Crippen LogP) is 1.97. The predicted molar refractivity (Wildman–Crippen MR) is 60.6 cm³/mol. The van der Waals surface area contributed by atoms with Crippen molar-refractivity contribution in [3.8, 4) is 0 Å². The lowest BCUT2D eigenvalue weighted by Gasteiger charge is -2.28. The maximum absolute atomic E-state index is 11.9. The van der Waals surface area contributed by atoms with Gasteiger partial charge in [0.1, 0.15) is 0 Å². The van der Waals surface area contributed by atoms with Gasteiger partial charge in [0.25, 0.3) is 0 Å². The summed E-state index contributed by atoms with van der Waals surface area (Å²) in [5.74, 6) is 0.385. The standard InChI is InChI=1S/C12H23NO2/c1-4-5-8-15-11(14)12(2,3)10-6-7-13-9-10/h10,13H,4-9H2,1-3H3. The van der Waals surface area contributed by atoms with E-state index < -0.39 is 0 Å². The van der Waals surface area contributed by atoms with Gasteiger partial charge in [-0.05, 0) is 45.7 Å². The molecule has 3 heteroatoms. The second-order valence-electron chi connectivity index (χ2n) is 4.90. The van der Waals surface area contributed by atoms with Gasteiger partial charge in [-0.3, -0.25) is 4.79 Å². The second-order valence-corrected chi connectivity index (χ2v) is 4.90. The molecule has 1 aliphatic heterocycles. The van der Waals surface area contributed by atoms with E-state index in [-0.39, 0.29) is 11.4 Å². The lowest BCUT2D eigenvalue weighted by Crippen LogP contribution is -2.36. The summed E-state index contributed by atoms with van der Waals surface area (Å²) in [6.45, 7) is 8.63. The van der Waals surface area contributed by atoms with Crippen LogP contribution in [0.4, 0.5) is 0 Å². The van der Waals surface area contributed by atoms with Crippen molar-refractivity contribution in [2.75, 3.05) is 19.7 Å².